The van der Waals surface area contributed by atoms with Gasteiger partial charge in [-0.2, -0.15) is 0 Å². The molecule has 0 aromatic rings. The van der Waals surface area contributed by atoms with E-state index in [9.17, 15) is 5.11 Å². The molecule has 11 heavy (non-hydrogen) atoms. The third kappa shape index (κ3) is 0.807. The molecule has 0 radical (unpaired) electrons. The maximum Gasteiger partial charge on any atom is 0.0573 e. The molecule has 1 nitrogen and oxygen atoms in total. The van der Waals surface area contributed by atoms with Crippen molar-refractivity contribution in [2.45, 2.75) is 38.2 Å². The van der Waals surface area contributed by atoms with E-state index in [0.29, 0.717) is 5.92 Å². The van der Waals surface area contributed by atoms with Gasteiger partial charge in [-0.3, -0.25) is 0 Å². The molecule has 3 aliphatic carbocycles. The Kier molecular flexibility index (Phi) is 1.18. The number of hydrogen-bond acceptors (Lipinski definition) is 1. The summed E-state index contributed by atoms with van der Waals surface area (Å²) >= 11 is 0. The molecule has 0 saturated heterocycles. The first kappa shape index (κ1) is 6.47. The van der Waals surface area contributed by atoms with E-state index in [0.717, 1.165) is 24.2 Å². The fraction of sp³-hybridized carbons (Fsp3) is 1.00. The summed E-state index contributed by atoms with van der Waals surface area (Å²) in [5, 5.41) is 9.78. The Bertz CT molecular complexity index is 173. The van der Waals surface area contributed by atoms with Gasteiger partial charge in [0, 0.05) is 0 Å². The average Bonchev–Trinajstić information content (AvgIpc) is 2.19. The van der Waals surface area contributed by atoms with Gasteiger partial charge in [-0.15, -0.1) is 0 Å². The van der Waals surface area contributed by atoms with Gasteiger partial charge in [-0.05, 0) is 55.8 Å². The van der Waals surface area contributed by atoms with Gasteiger partial charge in [0.1, 0.15) is 0 Å². The standard InChI is InChI=1S/C10H16O/c11-10-5-7-1-6-2-8(3-7)9(10)4-6/h6-11H,1-5H2/t6-,7+,8-,9-,10+/m1/s1. The van der Waals surface area contributed by atoms with Crippen LogP contribution in [0.1, 0.15) is 32.1 Å². The molecule has 3 saturated carbocycles. The molecular weight excluding hydrogens is 136 g/mol. The van der Waals surface area contributed by atoms with E-state index in [4.69, 9.17) is 0 Å². The van der Waals surface area contributed by atoms with E-state index in [-0.39, 0.29) is 6.10 Å². The van der Waals surface area contributed by atoms with Gasteiger partial charge in [0.2, 0.25) is 0 Å². The van der Waals surface area contributed by atoms with Crippen LogP contribution in [-0.2, 0) is 0 Å². The van der Waals surface area contributed by atoms with E-state index < -0.39 is 0 Å². The molecule has 0 aromatic heterocycles. The molecule has 3 bridgehead atoms. The quantitative estimate of drug-likeness (QED) is 0.561. The summed E-state index contributed by atoms with van der Waals surface area (Å²) in [7, 11) is 0. The average molecular weight is 152 g/mol. The SMILES string of the molecule is O[C@H]1C[C@H]2C[C@@H]3C[C@H](C2)[C@H]1C3. The monoisotopic (exact) mass is 152 g/mol. The van der Waals surface area contributed by atoms with Crippen LogP contribution in [0.3, 0.4) is 0 Å². The number of aliphatic hydroxyl groups is 1. The van der Waals surface area contributed by atoms with Gasteiger partial charge in [0.05, 0.1) is 6.10 Å². The second-order valence-corrected chi connectivity index (χ2v) is 4.90. The van der Waals surface area contributed by atoms with Crippen molar-refractivity contribution in [3.8, 4) is 0 Å². The van der Waals surface area contributed by atoms with Crippen LogP contribution in [0.4, 0.5) is 0 Å². The molecule has 5 atom stereocenters. The molecule has 0 heterocycles. The lowest BCUT2D eigenvalue weighted by molar-refractivity contribution is 0.0205. The molecule has 0 spiro atoms. The zero-order valence-electron chi connectivity index (χ0n) is 6.87. The van der Waals surface area contributed by atoms with Crippen molar-refractivity contribution >= 4 is 0 Å². The highest BCUT2D eigenvalue weighted by atomic mass is 16.3. The fourth-order valence-electron chi connectivity index (χ4n) is 3.92. The largest absolute Gasteiger partial charge is 0.393 e. The normalized spacial score (nSPS) is 60.3. The van der Waals surface area contributed by atoms with Crippen molar-refractivity contribution in [3.63, 3.8) is 0 Å². The Morgan fingerprint density at radius 1 is 0.818 bits per heavy atom. The second kappa shape index (κ2) is 2.01. The highest BCUT2D eigenvalue weighted by Crippen LogP contribution is 2.54. The summed E-state index contributed by atoms with van der Waals surface area (Å²) in [6.45, 7) is 0. The molecule has 1 heteroatoms. The summed E-state index contributed by atoms with van der Waals surface area (Å²) in [6, 6.07) is 0. The number of rotatable bonds is 0. The van der Waals surface area contributed by atoms with Gasteiger partial charge in [-0.1, -0.05) is 0 Å². The van der Waals surface area contributed by atoms with Crippen molar-refractivity contribution in [2.24, 2.45) is 23.7 Å². The van der Waals surface area contributed by atoms with Crippen LogP contribution in [-0.4, -0.2) is 11.2 Å². The summed E-state index contributed by atoms with van der Waals surface area (Å²) in [5.74, 6) is 3.52. The minimum absolute atomic E-state index is 0.0752. The van der Waals surface area contributed by atoms with Crippen LogP contribution in [0.2, 0.25) is 0 Å². The van der Waals surface area contributed by atoms with Crippen LogP contribution in [0, 0.1) is 23.7 Å². The smallest absolute Gasteiger partial charge is 0.0573 e. The fourth-order valence-corrected chi connectivity index (χ4v) is 3.92. The molecule has 1 N–H and O–H groups in total. The lowest BCUT2D eigenvalue weighted by atomic mass is 9.71. The van der Waals surface area contributed by atoms with E-state index in [1.165, 1.54) is 25.7 Å². The Morgan fingerprint density at radius 2 is 1.55 bits per heavy atom. The van der Waals surface area contributed by atoms with E-state index in [1.807, 2.05) is 0 Å². The maximum absolute atomic E-state index is 9.78. The Hall–Kier alpha value is -0.0400. The minimum atomic E-state index is 0.0752. The second-order valence-electron chi connectivity index (χ2n) is 4.90. The molecule has 3 fully saturated rings. The third-order valence-electron chi connectivity index (χ3n) is 4.22. The van der Waals surface area contributed by atoms with E-state index in [1.54, 1.807) is 0 Å². The summed E-state index contributed by atoms with van der Waals surface area (Å²) in [4.78, 5) is 0. The Labute approximate surface area is 67.8 Å². The first-order valence-corrected chi connectivity index (χ1v) is 5.01. The zero-order valence-corrected chi connectivity index (χ0v) is 6.87. The first-order valence-electron chi connectivity index (χ1n) is 5.01. The molecule has 3 rings (SSSR count). The predicted molar refractivity (Wildman–Crippen MR) is 43.1 cm³/mol. The maximum atomic E-state index is 9.78. The zero-order chi connectivity index (χ0) is 7.42. The highest BCUT2D eigenvalue weighted by molar-refractivity contribution is 4.98. The van der Waals surface area contributed by atoms with E-state index >= 15 is 0 Å². The molecule has 3 aliphatic rings. The van der Waals surface area contributed by atoms with Gasteiger partial charge in [0.15, 0.2) is 0 Å². The van der Waals surface area contributed by atoms with Crippen LogP contribution in [0.5, 0.6) is 0 Å². The topological polar surface area (TPSA) is 20.2 Å². The first-order chi connectivity index (χ1) is 5.33. The van der Waals surface area contributed by atoms with Gasteiger partial charge < -0.3 is 5.11 Å². The van der Waals surface area contributed by atoms with Crippen molar-refractivity contribution < 1.29 is 5.11 Å². The Morgan fingerprint density at radius 3 is 2.36 bits per heavy atom. The number of hydrogen-bond donors (Lipinski definition) is 1. The molecule has 62 valence electrons. The predicted octanol–water partition coefficient (Wildman–Crippen LogP) is 1.80. The Balaban J connectivity index is 1.94. The third-order valence-corrected chi connectivity index (χ3v) is 4.22. The number of aliphatic hydroxyl groups excluding tert-OH is 1. The van der Waals surface area contributed by atoms with Crippen molar-refractivity contribution in [3.05, 3.63) is 0 Å². The summed E-state index contributed by atoms with van der Waals surface area (Å²) in [6.07, 6.45) is 6.87. The molecule has 0 aromatic carbocycles. The van der Waals surface area contributed by atoms with Crippen LogP contribution >= 0.6 is 0 Å². The van der Waals surface area contributed by atoms with Crippen LogP contribution < -0.4 is 0 Å². The molecule has 0 unspecified atom stereocenters. The van der Waals surface area contributed by atoms with Crippen LogP contribution in [0.25, 0.3) is 0 Å². The highest BCUT2D eigenvalue weighted by Gasteiger charge is 2.48. The van der Waals surface area contributed by atoms with Gasteiger partial charge in [0.25, 0.3) is 0 Å². The van der Waals surface area contributed by atoms with Gasteiger partial charge >= 0.3 is 0 Å². The molecule has 0 aliphatic heterocycles. The molecule has 0 amide bonds. The van der Waals surface area contributed by atoms with Crippen LogP contribution in [0.15, 0.2) is 0 Å². The molecular formula is C10H16O. The van der Waals surface area contributed by atoms with Gasteiger partial charge in [-0.25, -0.2) is 0 Å². The lowest BCUT2D eigenvalue weighted by Gasteiger charge is -2.36. The summed E-state index contributed by atoms with van der Waals surface area (Å²) < 4.78 is 0. The van der Waals surface area contributed by atoms with Crippen molar-refractivity contribution in [1.82, 2.24) is 0 Å². The van der Waals surface area contributed by atoms with E-state index in [2.05, 4.69) is 0 Å². The number of fused-ring (bicyclic) bond motifs is 2. The van der Waals surface area contributed by atoms with Crippen molar-refractivity contribution in [2.75, 3.05) is 0 Å². The van der Waals surface area contributed by atoms with Crippen molar-refractivity contribution in [1.29, 1.82) is 0 Å². The summed E-state index contributed by atoms with van der Waals surface area (Å²) in [5.41, 5.74) is 0. The lowest BCUT2D eigenvalue weighted by Crippen LogP contribution is -2.33. The minimum Gasteiger partial charge on any atom is -0.393 e.